The van der Waals surface area contributed by atoms with Gasteiger partial charge in [0, 0.05) is 11.5 Å². The van der Waals surface area contributed by atoms with E-state index >= 15 is 0 Å². The molecule has 0 fully saturated rings. The first-order chi connectivity index (χ1) is 8.63. The molecule has 1 rings (SSSR count). The molecule has 0 amide bonds. The Hall–Kier alpha value is -1.51. The molecular weight excluding hydrogens is 226 g/mol. The van der Waals surface area contributed by atoms with Gasteiger partial charge in [-0.15, -0.1) is 0 Å². The first-order valence-electron chi connectivity index (χ1n) is 6.41. The highest BCUT2D eigenvalue weighted by Crippen LogP contribution is 2.19. The summed E-state index contributed by atoms with van der Waals surface area (Å²) in [6.07, 6.45) is 1.93. The molecule has 18 heavy (non-hydrogen) atoms. The first-order valence-corrected chi connectivity index (χ1v) is 6.41. The smallest absolute Gasteiger partial charge is 0.0790 e. The predicted molar refractivity (Wildman–Crippen MR) is 73.2 cm³/mol. The Kier molecular flexibility index (Phi) is 6.26. The average Bonchev–Trinajstić information content (AvgIpc) is 2.34. The molecule has 0 spiro atoms. The Bertz CT molecular complexity index is 394. The summed E-state index contributed by atoms with van der Waals surface area (Å²) in [5.74, 6) is 0.643. The van der Waals surface area contributed by atoms with Crippen molar-refractivity contribution in [1.82, 2.24) is 0 Å². The molecule has 1 unspecified atom stereocenters. The third kappa shape index (κ3) is 5.21. The molecule has 0 saturated carbocycles. The largest absolute Gasteiger partial charge is 0.388 e. The van der Waals surface area contributed by atoms with Crippen molar-refractivity contribution >= 4 is 0 Å². The summed E-state index contributed by atoms with van der Waals surface area (Å²) in [7, 11) is 0. The van der Waals surface area contributed by atoms with E-state index in [0.717, 1.165) is 12.0 Å². The fraction of sp³-hybridized carbons (Fsp3) is 0.571. The van der Waals surface area contributed by atoms with Gasteiger partial charge in [0.15, 0.2) is 0 Å². The fourth-order valence-electron chi connectivity index (χ4n) is 1.91. The molecule has 1 aromatic rings. The molecule has 0 aliphatic carbocycles. The van der Waals surface area contributed by atoms with Crippen LogP contribution in [0.3, 0.4) is 0 Å². The van der Waals surface area contributed by atoms with E-state index in [1.165, 1.54) is 5.56 Å². The van der Waals surface area contributed by atoms with Crippen molar-refractivity contribution in [3.63, 3.8) is 0 Å². The Labute approximate surface area is 108 Å². The molecule has 98 valence electrons. The van der Waals surface area contributed by atoms with Gasteiger partial charge < -0.3 is 5.11 Å². The number of benzene rings is 1. The van der Waals surface area contributed by atoms with E-state index in [2.05, 4.69) is 36.0 Å². The van der Waals surface area contributed by atoms with E-state index in [1.54, 1.807) is 0 Å². The number of hydrogen-bond donors (Lipinski definition) is 1. The molecule has 4 heteroatoms. The van der Waals surface area contributed by atoms with Gasteiger partial charge in [-0.05, 0) is 41.8 Å². The second kappa shape index (κ2) is 7.75. The molecule has 1 atom stereocenters. The SMILES string of the molecule is CC(C)Cc1ccc(C(O)CCCN=[N+]=[N-])cc1. The highest BCUT2D eigenvalue weighted by Gasteiger charge is 2.07. The third-order valence-electron chi connectivity index (χ3n) is 2.81. The lowest BCUT2D eigenvalue weighted by molar-refractivity contribution is 0.165. The van der Waals surface area contributed by atoms with Crippen molar-refractivity contribution in [3.8, 4) is 0 Å². The molecule has 0 heterocycles. The third-order valence-corrected chi connectivity index (χ3v) is 2.81. The van der Waals surface area contributed by atoms with E-state index in [0.29, 0.717) is 25.3 Å². The van der Waals surface area contributed by atoms with Crippen LogP contribution in [0.5, 0.6) is 0 Å². The fourth-order valence-corrected chi connectivity index (χ4v) is 1.91. The number of rotatable bonds is 7. The van der Waals surface area contributed by atoms with Crippen molar-refractivity contribution in [1.29, 1.82) is 0 Å². The van der Waals surface area contributed by atoms with Crippen molar-refractivity contribution in [2.75, 3.05) is 6.54 Å². The van der Waals surface area contributed by atoms with E-state index in [1.807, 2.05) is 12.1 Å². The summed E-state index contributed by atoms with van der Waals surface area (Å²) in [4.78, 5) is 2.69. The Morgan fingerprint density at radius 2 is 1.94 bits per heavy atom. The molecule has 0 aliphatic heterocycles. The van der Waals surface area contributed by atoms with Crippen molar-refractivity contribution in [2.45, 2.75) is 39.2 Å². The summed E-state index contributed by atoms with van der Waals surface area (Å²) >= 11 is 0. The summed E-state index contributed by atoms with van der Waals surface area (Å²) in [5.41, 5.74) is 10.4. The monoisotopic (exact) mass is 247 g/mol. The van der Waals surface area contributed by atoms with Crippen LogP contribution in [0.15, 0.2) is 29.4 Å². The zero-order valence-electron chi connectivity index (χ0n) is 11.1. The number of hydrogen-bond acceptors (Lipinski definition) is 2. The summed E-state index contributed by atoms with van der Waals surface area (Å²) in [6, 6.07) is 8.11. The van der Waals surface area contributed by atoms with Crippen LogP contribution in [0.25, 0.3) is 10.4 Å². The summed E-state index contributed by atoms with van der Waals surface area (Å²) in [5, 5.41) is 13.4. The van der Waals surface area contributed by atoms with Gasteiger partial charge in [0.1, 0.15) is 0 Å². The summed E-state index contributed by atoms with van der Waals surface area (Å²) in [6.45, 7) is 4.83. The second-order valence-corrected chi connectivity index (χ2v) is 4.95. The van der Waals surface area contributed by atoms with Gasteiger partial charge in [0.2, 0.25) is 0 Å². The molecule has 4 nitrogen and oxygen atoms in total. The van der Waals surface area contributed by atoms with Gasteiger partial charge in [-0.3, -0.25) is 0 Å². The molecule has 0 aromatic heterocycles. The van der Waals surface area contributed by atoms with Gasteiger partial charge in [-0.1, -0.05) is 43.2 Å². The minimum Gasteiger partial charge on any atom is -0.388 e. The first kappa shape index (κ1) is 14.6. The molecular formula is C14H21N3O. The lowest BCUT2D eigenvalue weighted by atomic mass is 9.99. The lowest BCUT2D eigenvalue weighted by Crippen LogP contribution is -1.99. The van der Waals surface area contributed by atoms with Gasteiger partial charge >= 0.3 is 0 Å². The van der Waals surface area contributed by atoms with E-state index < -0.39 is 6.10 Å². The molecule has 0 radical (unpaired) electrons. The molecule has 1 aromatic carbocycles. The molecule has 0 saturated heterocycles. The summed E-state index contributed by atoms with van der Waals surface area (Å²) < 4.78 is 0. The van der Waals surface area contributed by atoms with Gasteiger partial charge in [-0.25, -0.2) is 0 Å². The van der Waals surface area contributed by atoms with Crippen LogP contribution in [-0.2, 0) is 6.42 Å². The zero-order chi connectivity index (χ0) is 13.4. The highest BCUT2D eigenvalue weighted by atomic mass is 16.3. The van der Waals surface area contributed by atoms with Gasteiger partial charge in [0.05, 0.1) is 6.10 Å². The van der Waals surface area contributed by atoms with Crippen LogP contribution in [0.2, 0.25) is 0 Å². The predicted octanol–water partition coefficient (Wildman–Crippen LogP) is 4.01. The number of azide groups is 1. The van der Waals surface area contributed by atoms with Crippen molar-refractivity contribution in [2.24, 2.45) is 11.0 Å². The van der Waals surface area contributed by atoms with E-state index in [4.69, 9.17) is 5.53 Å². The molecule has 0 aliphatic rings. The van der Waals surface area contributed by atoms with Crippen LogP contribution in [-0.4, -0.2) is 11.7 Å². The average molecular weight is 247 g/mol. The zero-order valence-corrected chi connectivity index (χ0v) is 11.1. The van der Waals surface area contributed by atoms with Gasteiger partial charge in [-0.2, -0.15) is 0 Å². The van der Waals surface area contributed by atoms with Crippen LogP contribution in [0.4, 0.5) is 0 Å². The maximum Gasteiger partial charge on any atom is 0.0790 e. The quantitative estimate of drug-likeness (QED) is 0.336. The maximum absolute atomic E-state index is 9.96. The number of aliphatic hydroxyl groups excluding tert-OH is 1. The Morgan fingerprint density at radius 1 is 1.28 bits per heavy atom. The van der Waals surface area contributed by atoms with Gasteiger partial charge in [0.25, 0.3) is 0 Å². The minimum atomic E-state index is -0.466. The maximum atomic E-state index is 9.96. The van der Waals surface area contributed by atoms with E-state index in [-0.39, 0.29) is 0 Å². The van der Waals surface area contributed by atoms with Crippen LogP contribution in [0, 0.1) is 5.92 Å². The molecule has 1 N–H and O–H groups in total. The normalized spacial score (nSPS) is 12.2. The number of aliphatic hydroxyl groups is 1. The van der Waals surface area contributed by atoms with Crippen LogP contribution >= 0.6 is 0 Å². The van der Waals surface area contributed by atoms with Crippen LogP contribution in [0.1, 0.15) is 43.9 Å². The van der Waals surface area contributed by atoms with E-state index in [9.17, 15) is 5.11 Å². The highest BCUT2D eigenvalue weighted by molar-refractivity contribution is 5.24. The second-order valence-electron chi connectivity index (χ2n) is 4.95. The Morgan fingerprint density at radius 3 is 2.50 bits per heavy atom. The van der Waals surface area contributed by atoms with Crippen LogP contribution < -0.4 is 0 Å². The lowest BCUT2D eigenvalue weighted by Gasteiger charge is -2.11. The minimum absolute atomic E-state index is 0.443. The standard InChI is InChI=1S/C14H21N3O/c1-11(2)10-12-5-7-13(8-6-12)14(18)4-3-9-16-17-15/h5-8,11,14,18H,3-4,9-10H2,1-2H3. The molecule has 0 bridgehead atoms. The van der Waals surface area contributed by atoms with Crippen molar-refractivity contribution in [3.05, 3.63) is 45.8 Å². The topological polar surface area (TPSA) is 69.0 Å². The van der Waals surface area contributed by atoms with Crippen molar-refractivity contribution < 1.29 is 5.11 Å². The Balaban J connectivity index is 2.48. The number of nitrogens with zero attached hydrogens (tertiary/aromatic N) is 3.